The van der Waals surface area contributed by atoms with Gasteiger partial charge in [0.25, 0.3) is 5.91 Å². The highest BCUT2D eigenvalue weighted by Gasteiger charge is 2.23. The lowest BCUT2D eigenvalue weighted by Crippen LogP contribution is -2.25. The fraction of sp³-hybridized carbons (Fsp3) is 0.391. The first kappa shape index (κ1) is 20.8. The van der Waals surface area contributed by atoms with E-state index in [2.05, 4.69) is 39.9 Å². The van der Waals surface area contributed by atoms with Crippen molar-refractivity contribution in [2.45, 2.75) is 45.6 Å². The molecule has 0 radical (unpaired) electrons. The number of hydrogen-bond acceptors (Lipinski definition) is 4. The van der Waals surface area contributed by atoms with E-state index in [1.807, 2.05) is 12.1 Å². The molecule has 0 unspecified atom stereocenters. The Labute approximate surface area is 181 Å². The lowest BCUT2D eigenvalue weighted by atomic mass is 9.89. The minimum Gasteiger partial charge on any atom is -0.318 e. The molecule has 1 aromatic carbocycles. The number of amides is 2. The first-order valence-electron chi connectivity index (χ1n) is 10.7. The van der Waals surface area contributed by atoms with Gasteiger partial charge in [0.2, 0.25) is 5.91 Å². The summed E-state index contributed by atoms with van der Waals surface area (Å²) in [5.74, 6) is 0.229. The van der Waals surface area contributed by atoms with Crippen LogP contribution in [-0.2, 0) is 18.4 Å². The fourth-order valence-corrected chi connectivity index (χ4v) is 4.00. The van der Waals surface area contributed by atoms with Crippen molar-refractivity contribution in [1.29, 1.82) is 0 Å². The normalized spacial score (nSPS) is 14.4. The van der Waals surface area contributed by atoms with E-state index in [9.17, 15) is 9.59 Å². The zero-order valence-corrected chi connectivity index (χ0v) is 18.0. The number of aryl methyl sites for hydroxylation is 2. The van der Waals surface area contributed by atoms with Crippen LogP contribution < -0.4 is 10.6 Å². The van der Waals surface area contributed by atoms with Crippen LogP contribution in [0.4, 0.5) is 11.5 Å². The summed E-state index contributed by atoms with van der Waals surface area (Å²) in [6.45, 7) is 2.68. The summed E-state index contributed by atoms with van der Waals surface area (Å²) >= 11 is 0. The molecule has 1 fully saturated rings. The van der Waals surface area contributed by atoms with Crippen molar-refractivity contribution in [3.8, 4) is 0 Å². The average molecular weight is 421 g/mol. The highest BCUT2D eigenvalue weighted by Crippen LogP contribution is 2.25. The smallest absolute Gasteiger partial charge is 0.276 e. The minimum atomic E-state index is -0.344. The molecule has 2 N–H and O–H groups in total. The SMILES string of the molecule is Cc1cccc(Cn2cc(NC(=O)c3cc(NC(=O)C4CCCCC4)n(C)n3)cn2)c1. The third-order valence-corrected chi connectivity index (χ3v) is 5.66. The average Bonchev–Trinajstić information content (AvgIpc) is 3.35. The van der Waals surface area contributed by atoms with Gasteiger partial charge in [-0.2, -0.15) is 10.2 Å². The van der Waals surface area contributed by atoms with Gasteiger partial charge in [-0.05, 0) is 25.3 Å². The molecule has 2 aromatic heterocycles. The van der Waals surface area contributed by atoms with Crippen molar-refractivity contribution in [1.82, 2.24) is 19.6 Å². The third-order valence-electron chi connectivity index (χ3n) is 5.66. The summed E-state index contributed by atoms with van der Waals surface area (Å²) in [6.07, 6.45) is 8.62. The molecule has 31 heavy (non-hydrogen) atoms. The number of aromatic nitrogens is 4. The van der Waals surface area contributed by atoms with E-state index in [0.29, 0.717) is 18.1 Å². The Morgan fingerprint density at radius 2 is 1.94 bits per heavy atom. The zero-order chi connectivity index (χ0) is 21.8. The van der Waals surface area contributed by atoms with Gasteiger partial charge in [0.15, 0.2) is 5.69 Å². The Bertz CT molecular complexity index is 1080. The molecular weight excluding hydrogens is 392 g/mol. The Balaban J connectivity index is 1.37. The molecule has 2 amide bonds. The highest BCUT2D eigenvalue weighted by molar-refractivity contribution is 6.03. The van der Waals surface area contributed by atoms with Crippen LogP contribution in [0.5, 0.6) is 0 Å². The molecule has 0 bridgehead atoms. The number of hydrogen-bond donors (Lipinski definition) is 2. The van der Waals surface area contributed by atoms with Crippen molar-refractivity contribution in [2.75, 3.05) is 10.6 Å². The molecule has 162 valence electrons. The van der Waals surface area contributed by atoms with Gasteiger partial charge in [-0.1, -0.05) is 49.1 Å². The minimum absolute atomic E-state index is 0.00656. The second kappa shape index (κ2) is 9.16. The van der Waals surface area contributed by atoms with Gasteiger partial charge in [0.1, 0.15) is 5.82 Å². The lowest BCUT2D eigenvalue weighted by Gasteiger charge is -2.20. The number of carbonyl (C=O) groups excluding carboxylic acids is 2. The van der Waals surface area contributed by atoms with E-state index >= 15 is 0 Å². The molecule has 0 spiro atoms. The highest BCUT2D eigenvalue weighted by atomic mass is 16.2. The first-order valence-corrected chi connectivity index (χ1v) is 10.7. The van der Waals surface area contributed by atoms with Crippen molar-refractivity contribution in [3.05, 3.63) is 59.5 Å². The first-order chi connectivity index (χ1) is 15.0. The molecule has 1 aliphatic rings. The summed E-state index contributed by atoms with van der Waals surface area (Å²) < 4.78 is 3.30. The Morgan fingerprint density at radius 1 is 1.13 bits per heavy atom. The molecular formula is C23H28N6O2. The molecule has 3 aromatic rings. The van der Waals surface area contributed by atoms with Crippen LogP contribution in [0.3, 0.4) is 0 Å². The van der Waals surface area contributed by atoms with Gasteiger partial charge in [-0.25, -0.2) is 0 Å². The second-order valence-corrected chi connectivity index (χ2v) is 8.23. The third kappa shape index (κ3) is 5.20. The zero-order valence-electron chi connectivity index (χ0n) is 18.0. The number of anilines is 2. The summed E-state index contributed by atoms with van der Waals surface area (Å²) in [5.41, 5.74) is 3.17. The van der Waals surface area contributed by atoms with E-state index in [-0.39, 0.29) is 23.4 Å². The summed E-state index contributed by atoms with van der Waals surface area (Å²) in [6, 6.07) is 9.83. The maximum atomic E-state index is 12.6. The molecule has 2 heterocycles. The quantitative estimate of drug-likeness (QED) is 0.635. The molecule has 0 saturated heterocycles. The van der Waals surface area contributed by atoms with Crippen molar-refractivity contribution in [2.24, 2.45) is 13.0 Å². The standard InChI is InChI=1S/C23H28N6O2/c1-16-7-6-8-17(11-16)14-29-15-19(13-24-29)25-23(31)20-12-21(28(2)27-20)26-22(30)18-9-4-3-5-10-18/h6-8,11-13,15,18H,3-5,9-10,14H2,1-2H3,(H,25,31)(H,26,30). The van der Waals surface area contributed by atoms with Gasteiger partial charge >= 0.3 is 0 Å². The predicted octanol–water partition coefficient (Wildman–Crippen LogP) is 3.74. The van der Waals surface area contributed by atoms with Crippen LogP contribution in [0, 0.1) is 12.8 Å². The largest absolute Gasteiger partial charge is 0.318 e. The predicted molar refractivity (Wildman–Crippen MR) is 119 cm³/mol. The molecule has 8 nitrogen and oxygen atoms in total. The Kier molecular flexibility index (Phi) is 6.16. The molecule has 1 saturated carbocycles. The maximum Gasteiger partial charge on any atom is 0.276 e. The van der Waals surface area contributed by atoms with Crippen LogP contribution >= 0.6 is 0 Å². The van der Waals surface area contributed by atoms with Crippen LogP contribution in [0.15, 0.2) is 42.7 Å². The topological polar surface area (TPSA) is 93.8 Å². The Morgan fingerprint density at radius 3 is 2.71 bits per heavy atom. The van der Waals surface area contributed by atoms with Crippen molar-refractivity contribution < 1.29 is 9.59 Å². The molecule has 0 aliphatic heterocycles. The van der Waals surface area contributed by atoms with Crippen molar-refractivity contribution >= 4 is 23.3 Å². The maximum absolute atomic E-state index is 12.6. The van der Waals surface area contributed by atoms with E-state index in [0.717, 1.165) is 31.2 Å². The molecule has 4 rings (SSSR count). The van der Waals surface area contributed by atoms with E-state index < -0.39 is 0 Å². The van der Waals surface area contributed by atoms with E-state index in [4.69, 9.17) is 0 Å². The summed E-state index contributed by atoms with van der Waals surface area (Å²) in [5, 5.41) is 14.3. The lowest BCUT2D eigenvalue weighted by molar-refractivity contribution is -0.120. The Hall–Kier alpha value is -3.42. The number of nitrogens with one attached hydrogen (secondary N) is 2. The fourth-order valence-electron chi connectivity index (χ4n) is 4.00. The van der Waals surface area contributed by atoms with Crippen LogP contribution in [0.2, 0.25) is 0 Å². The van der Waals surface area contributed by atoms with Gasteiger partial charge < -0.3 is 10.6 Å². The number of rotatable bonds is 6. The van der Waals surface area contributed by atoms with Crippen LogP contribution in [-0.4, -0.2) is 31.4 Å². The molecule has 0 atom stereocenters. The summed E-state index contributed by atoms with van der Waals surface area (Å²) in [7, 11) is 1.72. The van der Waals surface area contributed by atoms with Gasteiger partial charge in [-0.15, -0.1) is 0 Å². The monoisotopic (exact) mass is 420 g/mol. The van der Waals surface area contributed by atoms with Gasteiger partial charge in [0.05, 0.1) is 18.4 Å². The molecule has 1 aliphatic carbocycles. The molecule has 8 heteroatoms. The van der Waals surface area contributed by atoms with Crippen LogP contribution in [0.1, 0.15) is 53.7 Å². The van der Waals surface area contributed by atoms with E-state index in [1.165, 1.54) is 16.7 Å². The van der Waals surface area contributed by atoms with Gasteiger partial charge in [-0.3, -0.25) is 19.0 Å². The van der Waals surface area contributed by atoms with Crippen LogP contribution in [0.25, 0.3) is 0 Å². The number of nitrogens with zero attached hydrogens (tertiary/aromatic N) is 4. The second-order valence-electron chi connectivity index (χ2n) is 8.23. The van der Waals surface area contributed by atoms with Crippen molar-refractivity contribution in [3.63, 3.8) is 0 Å². The number of carbonyl (C=O) groups is 2. The number of benzene rings is 1. The van der Waals surface area contributed by atoms with E-state index in [1.54, 1.807) is 30.2 Å². The van der Waals surface area contributed by atoms with Gasteiger partial charge in [0, 0.05) is 25.2 Å². The summed E-state index contributed by atoms with van der Waals surface area (Å²) in [4.78, 5) is 25.1.